The van der Waals surface area contributed by atoms with Crippen LogP contribution in [0.4, 0.5) is 0 Å². The molecule has 1 unspecified atom stereocenters. The molecule has 1 heterocycles. The van der Waals surface area contributed by atoms with Gasteiger partial charge in [-0.3, -0.25) is 0 Å². The number of rotatable bonds is 35. The number of hydrogen-bond donors (Lipinski definition) is 0. The molecule has 1 aliphatic heterocycles. The van der Waals surface area contributed by atoms with E-state index in [0.29, 0.717) is 0 Å². The predicted octanol–water partition coefficient (Wildman–Crippen LogP) is 13.9. The van der Waals surface area contributed by atoms with Crippen molar-refractivity contribution in [2.24, 2.45) is 0 Å². The molecule has 0 N–H and O–H groups in total. The fourth-order valence-electron chi connectivity index (χ4n) is 6.87. The van der Waals surface area contributed by atoms with Crippen LogP contribution >= 0.6 is 0 Å². The third-order valence-corrected chi connectivity index (χ3v) is 9.98. The van der Waals surface area contributed by atoms with Crippen LogP contribution in [0.5, 0.6) is 0 Å². The van der Waals surface area contributed by atoms with Crippen LogP contribution in [-0.2, 0) is 9.47 Å². The summed E-state index contributed by atoms with van der Waals surface area (Å²) in [6, 6.07) is 0. The maximum atomic E-state index is 6.69. The summed E-state index contributed by atoms with van der Waals surface area (Å²) in [5.41, 5.74) is 0. The fraction of sp³-hybridized carbons (Fsp3) is 0.907. The van der Waals surface area contributed by atoms with Gasteiger partial charge in [-0.2, -0.15) is 0 Å². The molecule has 0 spiro atoms. The van der Waals surface area contributed by atoms with Crippen LogP contribution in [-0.4, -0.2) is 44.0 Å². The monoisotopic (exact) mass is 646 g/mol. The highest BCUT2D eigenvalue weighted by Crippen LogP contribution is 2.35. The zero-order valence-electron chi connectivity index (χ0n) is 32.0. The third-order valence-electron chi connectivity index (χ3n) is 9.98. The molecular formula is C43H83NO2. The highest BCUT2D eigenvalue weighted by molar-refractivity contribution is 4.92. The molecule has 0 aromatic heterocycles. The summed E-state index contributed by atoms with van der Waals surface area (Å²) in [6.07, 6.45) is 51.2. The van der Waals surface area contributed by atoms with E-state index in [0.717, 1.165) is 38.8 Å². The maximum Gasteiger partial charge on any atom is 0.168 e. The average molecular weight is 646 g/mol. The van der Waals surface area contributed by atoms with Crippen LogP contribution in [0.1, 0.15) is 213 Å². The van der Waals surface area contributed by atoms with E-state index in [1.807, 2.05) is 0 Å². The van der Waals surface area contributed by atoms with Gasteiger partial charge in [-0.05, 0) is 65.5 Å². The van der Waals surface area contributed by atoms with Gasteiger partial charge in [0.15, 0.2) is 5.79 Å². The Kier molecular flexibility index (Phi) is 31.0. The van der Waals surface area contributed by atoms with Crippen LogP contribution in [0, 0.1) is 0 Å². The number of nitrogens with zero attached hydrogens (tertiary/aromatic N) is 1. The Balaban J connectivity index is 2.12. The average Bonchev–Trinajstić information content (AvgIpc) is 3.46. The molecule has 3 nitrogen and oxygen atoms in total. The standard InChI is InChI=1S/C43H83NO2/c1-5-7-9-11-13-15-17-19-21-23-25-27-29-31-33-35-38-43(45-41-42(46-43)37-40-44(3)4)39-36-34-32-30-28-26-24-22-20-18-16-14-12-10-8-6-2/h13,15,19,21,42H,5-12,14,16-18,20,22-41H2,1-4H3/b15-13-,21-19-/t42?,43-/m1/s1. The second-order valence-electron chi connectivity index (χ2n) is 14.9. The molecule has 2 atom stereocenters. The lowest BCUT2D eigenvalue weighted by molar-refractivity contribution is -0.180. The van der Waals surface area contributed by atoms with Crippen LogP contribution in [0.15, 0.2) is 24.3 Å². The molecule has 1 saturated heterocycles. The first-order chi connectivity index (χ1) is 22.6. The van der Waals surface area contributed by atoms with Gasteiger partial charge in [0.05, 0.1) is 12.7 Å². The molecule has 0 aromatic carbocycles. The van der Waals surface area contributed by atoms with E-state index in [2.05, 4.69) is 57.1 Å². The van der Waals surface area contributed by atoms with Gasteiger partial charge in [0.2, 0.25) is 0 Å². The van der Waals surface area contributed by atoms with E-state index in [9.17, 15) is 0 Å². The molecule has 1 aliphatic rings. The van der Waals surface area contributed by atoms with Crippen molar-refractivity contribution in [2.45, 2.75) is 225 Å². The van der Waals surface area contributed by atoms with Gasteiger partial charge in [-0.1, -0.05) is 173 Å². The van der Waals surface area contributed by atoms with Gasteiger partial charge in [-0.25, -0.2) is 0 Å². The molecule has 0 aromatic rings. The lowest BCUT2D eigenvalue weighted by Crippen LogP contribution is -2.31. The highest BCUT2D eigenvalue weighted by Gasteiger charge is 2.40. The molecule has 46 heavy (non-hydrogen) atoms. The molecule has 0 aliphatic carbocycles. The summed E-state index contributed by atoms with van der Waals surface area (Å²) in [4.78, 5) is 2.27. The molecule has 0 radical (unpaired) electrons. The smallest absolute Gasteiger partial charge is 0.168 e. The van der Waals surface area contributed by atoms with Crippen molar-refractivity contribution in [1.29, 1.82) is 0 Å². The Morgan fingerprint density at radius 1 is 0.522 bits per heavy atom. The molecular weight excluding hydrogens is 562 g/mol. The summed E-state index contributed by atoms with van der Waals surface area (Å²) in [7, 11) is 4.31. The summed E-state index contributed by atoms with van der Waals surface area (Å²) in [6.45, 7) is 6.44. The number of hydrogen-bond acceptors (Lipinski definition) is 3. The highest BCUT2D eigenvalue weighted by atomic mass is 16.7. The Morgan fingerprint density at radius 2 is 0.913 bits per heavy atom. The van der Waals surface area contributed by atoms with Crippen LogP contribution in [0.2, 0.25) is 0 Å². The Bertz CT molecular complexity index is 674. The van der Waals surface area contributed by atoms with Crippen molar-refractivity contribution < 1.29 is 9.47 Å². The first-order valence-electron chi connectivity index (χ1n) is 20.9. The van der Waals surface area contributed by atoms with E-state index in [4.69, 9.17) is 9.47 Å². The largest absolute Gasteiger partial charge is 0.347 e. The summed E-state index contributed by atoms with van der Waals surface area (Å²) < 4.78 is 13.2. The Labute approximate surface area is 290 Å². The van der Waals surface area contributed by atoms with Gasteiger partial charge in [0.1, 0.15) is 0 Å². The van der Waals surface area contributed by atoms with E-state index < -0.39 is 0 Å². The van der Waals surface area contributed by atoms with Gasteiger partial charge in [0.25, 0.3) is 0 Å². The van der Waals surface area contributed by atoms with Crippen molar-refractivity contribution in [3.05, 3.63) is 24.3 Å². The Hall–Kier alpha value is -0.640. The van der Waals surface area contributed by atoms with Crippen LogP contribution in [0.25, 0.3) is 0 Å². The zero-order valence-corrected chi connectivity index (χ0v) is 32.0. The van der Waals surface area contributed by atoms with Gasteiger partial charge >= 0.3 is 0 Å². The number of unbranched alkanes of at least 4 members (excludes halogenated alkanes) is 24. The second kappa shape index (κ2) is 32.9. The Morgan fingerprint density at radius 3 is 1.37 bits per heavy atom. The maximum absolute atomic E-state index is 6.69. The lowest BCUT2D eigenvalue weighted by atomic mass is 9.98. The predicted molar refractivity (Wildman–Crippen MR) is 205 cm³/mol. The summed E-state index contributed by atoms with van der Waals surface area (Å²) in [5.74, 6) is -0.303. The van der Waals surface area contributed by atoms with Gasteiger partial charge in [-0.15, -0.1) is 0 Å². The minimum Gasteiger partial charge on any atom is -0.347 e. The SMILES string of the molecule is CCCCC/C=C\C/C=C\CCCCCCCC[C@@]1(CCCCCCCCCCCCCCCCCC)OCC(CCN(C)C)O1. The number of allylic oxidation sites excluding steroid dienone is 4. The van der Waals surface area contributed by atoms with E-state index >= 15 is 0 Å². The molecule has 0 saturated carbocycles. The second-order valence-corrected chi connectivity index (χ2v) is 14.9. The normalized spacial score (nSPS) is 18.7. The van der Waals surface area contributed by atoms with Crippen molar-refractivity contribution in [3.63, 3.8) is 0 Å². The topological polar surface area (TPSA) is 21.7 Å². The van der Waals surface area contributed by atoms with Crippen LogP contribution < -0.4 is 0 Å². The quantitative estimate of drug-likeness (QED) is 0.0505. The fourth-order valence-corrected chi connectivity index (χ4v) is 6.87. The van der Waals surface area contributed by atoms with Crippen molar-refractivity contribution in [3.8, 4) is 0 Å². The molecule has 1 fully saturated rings. The first kappa shape index (κ1) is 43.4. The first-order valence-corrected chi connectivity index (χ1v) is 20.9. The van der Waals surface area contributed by atoms with Crippen molar-refractivity contribution in [1.82, 2.24) is 4.90 Å². The van der Waals surface area contributed by atoms with Gasteiger partial charge in [0, 0.05) is 19.4 Å². The zero-order chi connectivity index (χ0) is 33.2. The summed E-state index contributed by atoms with van der Waals surface area (Å²) in [5, 5.41) is 0. The lowest BCUT2D eigenvalue weighted by Gasteiger charge is -2.29. The van der Waals surface area contributed by atoms with Crippen molar-refractivity contribution in [2.75, 3.05) is 27.2 Å². The molecule has 0 amide bonds. The number of ether oxygens (including phenoxy) is 2. The third kappa shape index (κ3) is 27.3. The van der Waals surface area contributed by atoms with Crippen LogP contribution in [0.3, 0.4) is 0 Å². The van der Waals surface area contributed by atoms with E-state index in [1.165, 1.54) is 173 Å². The minimum absolute atomic E-state index is 0.271. The minimum atomic E-state index is -0.303. The van der Waals surface area contributed by atoms with Gasteiger partial charge < -0.3 is 14.4 Å². The molecule has 272 valence electrons. The molecule has 1 rings (SSSR count). The molecule has 0 bridgehead atoms. The van der Waals surface area contributed by atoms with E-state index in [1.54, 1.807) is 0 Å². The molecule has 3 heteroatoms. The van der Waals surface area contributed by atoms with Crippen molar-refractivity contribution >= 4 is 0 Å². The summed E-state index contributed by atoms with van der Waals surface area (Å²) >= 11 is 0. The van der Waals surface area contributed by atoms with E-state index in [-0.39, 0.29) is 11.9 Å².